The molecule has 2 fully saturated rings. The van der Waals surface area contributed by atoms with Gasteiger partial charge in [0.15, 0.2) is 30.7 Å². The quantitative estimate of drug-likeness (QED) is 0.0469. The van der Waals surface area contributed by atoms with E-state index in [2.05, 4.69) is 70.8 Å². The summed E-state index contributed by atoms with van der Waals surface area (Å²) in [6.07, 6.45) is -13.9. The Balaban J connectivity index is 2.68. The maximum absolute atomic E-state index is 13.1. The van der Waals surface area contributed by atoms with E-state index in [1.807, 2.05) is 0 Å². The smallest absolute Gasteiger partial charge is 0.407 e. The number of esters is 2. The van der Waals surface area contributed by atoms with Gasteiger partial charge in [-0.3, -0.25) is 9.59 Å². The van der Waals surface area contributed by atoms with Crippen molar-refractivity contribution >= 4 is 24.1 Å². The number of nitrogens with zero attached hydrogens (tertiary/aromatic N) is 18. The molecule has 1 heterocycles. The summed E-state index contributed by atoms with van der Waals surface area (Å²) in [5, 5.41) is 25.9. The van der Waals surface area contributed by atoms with Crippen molar-refractivity contribution in [2.45, 2.75) is 94.1 Å². The second-order valence-corrected chi connectivity index (χ2v) is 10.9. The molecule has 0 aromatic heterocycles. The SMILES string of the molecule is CC(=O)O[C@@H]1[C@@H](N=[N+]=[N-])[C@@H](O[C@H]2[C@H](OC(=O)NCCCN=[N+]=[N-])[C@@H](OC(=O)NCCCN=[N+]=[N-])[C@H](N=[N+]=[N-])C[C@@H]2N=[N+]=[N-])O[C@H](CN=[N+]=[N-])[C@H]1OC(C)=O. The lowest BCUT2D eigenvalue weighted by Crippen LogP contribution is -2.65. The molecule has 0 spiro atoms. The Morgan fingerprint density at radius 2 is 1.13 bits per heavy atom. The van der Waals surface area contributed by atoms with Crippen LogP contribution in [-0.2, 0) is 38.0 Å². The van der Waals surface area contributed by atoms with Crippen LogP contribution < -0.4 is 10.6 Å². The molecule has 54 heavy (non-hydrogen) atoms. The van der Waals surface area contributed by atoms with Gasteiger partial charge < -0.3 is 39.1 Å². The van der Waals surface area contributed by atoms with Gasteiger partial charge in [-0.25, -0.2) is 9.59 Å². The average molecular weight is 763 g/mol. The summed E-state index contributed by atoms with van der Waals surface area (Å²) in [7, 11) is 0. The van der Waals surface area contributed by atoms with Crippen LogP contribution in [0.2, 0.25) is 0 Å². The molecule has 30 heteroatoms. The number of nitrogens with one attached hydrogen (secondary N) is 2. The van der Waals surface area contributed by atoms with Crippen molar-refractivity contribution in [1.29, 1.82) is 0 Å². The first-order chi connectivity index (χ1) is 26.0. The highest BCUT2D eigenvalue weighted by molar-refractivity contribution is 5.69. The van der Waals surface area contributed by atoms with E-state index < -0.39 is 98.1 Å². The van der Waals surface area contributed by atoms with Crippen LogP contribution in [0.1, 0.15) is 33.1 Å². The van der Waals surface area contributed by atoms with Crippen molar-refractivity contribution in [3.8, 4) is 0 Å². The Morgan fingerprint density at radius 3 is 1.63 bits per heavy atom. The molecule has 10 atom stereocenters. The minimum Gasteiger partial charge on any atom is -0.458 e. The maximum Gasteiger partial charge on any atom is 0.407 e. The topological polar surface area (TPSA) is 440 Å². The van der Waals surface area contributed by atoms with Gasteiger partial charge in [0.05, 0.1) is 18.6 Å². The summed E-state index contributed by atoms with van der Waals surface area (Å²) in [4.78, 5) is 66.6. The molecule has 2 aliphatic rings. The fraction of sp³-hybridized carbons (Fsp3) is 0.833. The number of hydrogen-bond acceptors (Lipinski definition) is 16. The number of rotatable bonds is 19. The summed E-state index contributed by atoms with van der Waals surface area (Å²) in [5.41, 5.74) is 54.3. The lowest BCUT2D eigenvalue weighted by molar-refractivity contribution is -0.291. The molecule has 1 saturated heterocycles. The summed E-state index contributed by atoms with van der Waals surface area (Å²) in [6, 6.07) is -4.48. The summed E-state index contributed by atoms with van der Waals surface area (Å²) in [5.74, 6) is -1.82. The number of alkyl carbamates (subject to hydrolysis) is 2. The average Bonchev–Trinajstić information content (AvgIpc) is 3.12. The van der Waals surface area contributed by atoms with E-state index in [-0.39, 0.29) is 39.0 Å². The summed E-state index contributed by atoms with van der Waals surface area (Å²) in [6.45, 7) is 1.37. The van der Waals surface area contributed by atoms with Crippen LogP contribution >= 0.6 is 0 Å². The van der Waals surface area contributed by atoms with Gasteiger partial charge in [0.25, 0.3) is 0 Å². The molecular formula is C24H34N20O10. The minimum absolute atomic E-state index is 0.00408. The van der Waals surface area contributed by atoms with E-state index in [1.165, 1.54) is 0 Å². The van der Waals surface area contributed by atoms with Crippen molar-refractivity contribution in [1.82, 2.24) is 10.6 Å². The molecule has 2 rings (SSSR count). The van der Waals surface area contributed by atoms with Gasteiger partial charge >= 0.3 is 24.1 Å². The molecule has 30 nitrogen and oxygen atoms in total. The predicted molar refractivity (Wildman–Crippen MR) is 176 cm³/mol. The fourth-order valence-corrected chi connectivity index (χ4v) is 5.31. The van der Waals surface area contributed by atoms with Crippen LogP contribution in [-0.4, -0.2) is 118 Å². The molecule has 1 saturated carbocycles. The van der Waals surface area contributed by atoms with Crippen molar-refractivity contribution in [2.24, 2.45) is 30.7 Å². The van der Waals surface area contributed by atoms with Crippen LogP contribution in [0.15, 0.2) is 30.7 Å². The van der Waals surface area contributed by atoms with E-state index in [4.69, 9.17) is 45.0 Å². The van der Waals surface area contributed by atoms with Crippen LogP contribution in [0.4, 0.5) is 9.59 Å². The second kappa shape index (κ2) is 23.7. The third-order valence-electron chi connectivity index (χ3n) is 7.33. The molecule has 0 aromatic rings. The highest BCUT2D eigenvalue weighted by Gasteiger charge is 2.55. The van der Waals surface area contributed by atoms with E-state index in [9.17, 15) is 35.8 Å². The molecular weight excluding hydrogens is 728 g/mol. The van der Waals surface area contributed by atoms with Gasteiger partial charge in [0.1, 0.15) is 18.2 Å². The number of carbonyl (C=O) groups is 4. The summed E-state index contributed by atoms with van der Waals surface area (Å²) < 4.78 is 34.1. The van der Waals surface area contributed by atoms with Gasteiger partial charge in [0, 0.05) is 69.5 Å². The number of ether oxygens (including phenoxy) is 6. The number of hydrogen-bond donors (Lipinski definition) is 2. The van der Waals surface area contributed by atoms with E-state index >= 15 is 0 Å². The maximum atomic E-state index is 13.1. The van der Waals surface area contributed by atoms with Crippen molar-refractivity contribution in [2.75, 3.05) is 32.7 Å². The van der Waals surface area contributed by atoms with Crippen LogP contribution in [0, 0.1) is 0 Å². The molecule has 0 unspecified atom stereocenters. The molecule has 2 N–H and O–H groups in total. The van der Waals surface area contributed by atoms with Crippen LogP contribution in [0.5, 0.6) is 0 Å². The molecule has 2 amide bonds. The largest absolute Gasteiger partial charge is 0.458 e. The van der Waals surface area contributed by atoms with E-state index in [1.54, 1.807) is 0 Å². The van der Waals surface area contributed by atoms with Gasteiger partial charge in [-0.15, -0.1) is 0 Å². The highest BCUT2D eigenvalue weighted by atomic mass is 16.7. The zero-order valence-corrected chi connectivity index (χ0v) is 28.6. The number of amides is 2. The van der Waals surface area contributed by atoms with Crippen LogP contribution in [0.25, 0.3) is 62.7 Å². The van der Waals surface area contributed by atoms with Crippen molar-refractivity contribution < 1.29 is 47.6 Å². The van der Waals surface area contributed by atoms with Gasteiger partial charge in [0.2, 0.25) is 0 Å². The van der Waals surface area contributed by atoms with Crippen molar-refractivity contribution in [3.63, 3.8) is 0 Å². The number of azide groups is 6. The highest BCUT2D eigenvalue weighted by Crippen LogP contribution is 2.36. The Labute approximate surface area is 302 Å². The molecule has 1 aliphatic carbocycles. The first-order valence-electron chi connectivity index (χ1n) is 15.7. The molecule has 0 bridgehead atoms. The lowest BCUT2D eigenvalue weighted by atomic mass is 9.84. The predicted octanol–water partition coefficient (Wildman–Crippen LogP) is 4.30. The normalized spacial score (nSPS) is 26.7. The van der Waals surface area contributed by atoms with Gasteiger partial charge in [-0.2, -0.15) is 0 Å². The van der Waals surface area contributed by atoms with Gasteiger partial charge in [-0.1, -0.05) is 30.7 Å². The number of carbonyl (C=O) groups excluding carboxylic acids is 4. The Bertz CT molecular complexity index is 1630. The monoisotopic (exact) mass is 762 g/mol. The molecule has 0 radical (unpaired) electrons. The zero-order chi connectivity index (χ0) is 39.9. The Hall–Kier alpha value is -6.74. The fourth-order valence-electron chi connectivity index (χ4n) is 5.31. The van der Waals surface area contributed by atoms with E-state index in [0.717, 1.165) is 13.8 Å². The standard InChI is InChI=1S/C24H34N20O10/c1-11(45)49-19-15(10-35-41-27)51-22(16(38-44-30)20(19)50-12(2)46)52-17-13(36-42-28)9-14(37-43-29)18(53-23(47)31-5-3-7-33-39-25)21(17)54-24(48)32-6-4-8-34-40-26/h13-22H,3-10H2,1-2H3,(H,31,47)(H,32,48)/t13-,14+,15+,16+,17+,18-,19+,20+,21-,22+/m0/s1. The molecule has 0 aromatic carbocycles. The minimum atomic E-state index is -1.85. The van der Waals surface area contributed by atoms with Gasteiger partial charge in [-0.05, 0) is 52.4 Å². The summed E-state index contributed by atoms with van der Waals surface area (Å²) >= 11 is 0. The van der Waals surface area contributed by atoms with Crippen molar-refractivity contribution in [3.05, 3.63) is 62.7 Å². The third kappa shape index (κ3) is 13.8. The lowest BCUT2D eigenvalue weighted by Gasteiger charge is -2.47. The molecule has 290 valence electrons. The Kier molecular flexibility index (Phi) is 19.0. The first-order valence-corrected chi connectivity index (χ1v) is 15.7. The third-order valence-corrected chi connectivity index (χ3v) is 7.33. The second-order valence-electron chi connectivity index (χ2n) is 10.9. The first kappa shape index (κ1) is 43.4. The Morgan fingerprint density at radius 1 is 0.630 bits per heavy atom. The molecule has 1 aliphatic heterocycles. The van der Waals surface area contributed by atoms with E-state index in [0.29, 0.717) is 0 Å². The zero-order valence-electron chi connectivity index (χ0n) is 28.6. The van der Waals surface area contributed by atoms with Crippen LogP contribution in [0.3, 0.4) is 0 Å².